The fourth-order valence-electron chi connectivity index (χ4n) is 8.15. The number of aliphatic hydroxyl groups excluding tert-OH is 1. The summed E-state index contributed by atoms with van der Waals surface area (Å²) in [5.41, 5.74) is 2.56. The highest BCUT2D eigenvalue weighted by Crippen LogP contribution is 2.60. The number of nitrogens with zero attached hydrogens (tertiary/aromatic N) is 2. The summed E-state index contributed by atoms with van der Waals surface area (Å²) in [5.74, 6) is 0.899. The zero-order valence-corrected chi connectivity index (χ0v) is 28.2. The predicted molar refractivity (Wildman–Crippen MR) is 184 cm³/mol. The summed E-state index contributed by atoms with van der Waals surface area (Å²) in [6.45, 7) is 7.04. The number of benzene rings is 4. The molecule has 4 aromatic rings. The molecule has 1 fully saturated rings. The number of hydrogen-bond donors (Lipinski definition) is 1. The van der Waals surface area contributed by atoms with Crippen LogP contribution in [0.1, 0.15) is 24.5 Å². The molecular weight excluding hydrogens is 609 g/mol. The Balaban J connectivity index is 1.38. The van der Waals surface area contributed by atoms with Gasteiger partial charge in [0, 0.05) is 23.8 Å². The van der Waals surface area contributed by atoms with E-state index in [0.29, 0.717) is 30.1 Å². The first-order valence-corrected chi connectivity index (χ1v) is 19.3. The quantitative estimate of drug-likeness (QED) is 0.240. The minimum Gasteiger partial charge on any atom is -0.497 e. The summed E-state index contributed by atoms with van der Waals surface area (Å²) in [4.78, 5) is 31.9. The molecule has 1 spiro atoms. The molecule has 0 aromatic heterocycles. The summed E-state index contributed by atoms with van der Waals surface area (Å²) in [5, 5.41) is 11.5. The molecule has 3 aliphatic rings. The molecule has 8 nitrogen and oxygen atoms in total. The van der Waals surface area contributed by atoms with Gasteiger partial charge in [0.15, 0.2) is 12.2 Å². The van der Waals surface area contributed by atoms with Crippen LogP contribution in [0.5, 0.6) is 11.5 Å². The number of carbonyl (C=O) groups excluding carboxylic acids is 2. The molecular formula is C38H40N2O6Si. The highest BCUT2D eigenvalue weighted by Gasteiger charge is 2.66. The minimum absolute atomic E-state index is 0.00548. The molecule has 0 radical (unpaired) electrons. The first kappa shape index (κ1) is 31.2. The van der Waals surface area contributed by atoms with Crippen LogP contribution in [-0.4, -0.2) is 51.4 Å². The third-order valence-electron chi connectivity index (χ3n) is 10.4. The maximum absolute atomic E-state index is 15.0. The molecule has 47 heavy (non-hydrogen) atoms. The molecule has 2 amide bonds. The van der Waals surface area contributed by atoms with Crippen LogP contribution in [0.25, 0.3) is 0 Å². The second kappa shape index (κ2) is 12.0. The summed E-state index contributed by atoms with van der Waals surface area (Å²) in [6.07, 6.45) is 0.0706. The van der Waals surface area contributed by atoms with Gasteiger partial charge in [-0.3, -0.25) is 14.5 Å². The van der Waals surface area contributed by atoms with Gasteiger partial charge in [-0.1, -0.05) is 79.8 Å². The summed E-state index contributed by atoms with van der Waals surface area (Å²) >= 11 is 0. The lowest BCUT2D eigenvalue weighted by atomic mass is 9.82. The van der Waals surface area contributed by atoms with E-state index in [0.717, 1.165) is 22.6 Å². The summed E-state index contributed by atoms with van der Waals surface area (Å²) in [7, 11) is -0.674. The van der Waals surface area contributed by atoms with E-state index in [4.69, 9.17) is 14.2 Å². The molecule has 3 aliphatic heterocycles. The number of para-hydroxylation sites is 2. The van der Waals surface area contributed by atoms with Gasteiger partial charge in [0.2, 0.25) is 0 Å². The van der Waals surface area contributed by atoms with Gasteiger partial charge in [0.1, 0.15) is 11.5 Å². The lowest BCUT2D eigenvalue weighted by molar-refractivity contribution is -0.146. The van der Waals surface area contributed by atoms with E-state index in [1.807, 2.05) is 89.8 Å². The molecule has 0 unspecified atom stereocenters. The van der Waals surface area contributed by atoms with Crippen molar-refractivity contribution >= 4 is 42.1 Å². The van der Waals surface area contributed by atoms with Crippen molar-refractivity contribution in [2.75, 3.05) is 30.1 Å². The van der Waals surface area contributed by atoms with Crippen molar-refractivity contribution in [3.63, 3.8) is 0 Å². The maximum atomic E-state index is 15.0. The van der Waals surface area contributed by atoms with Crippen LogP contribution >= 0.6 is 0 Å². The molecule has 9 heteroatoms. The Labute approximate surface area is 276 Å². The lowest BCUT2D eigenvalue weighted by Gasteiger charge is -2.37. The largest absolute Gasteiger partial charge is 0.497 e. The smallest absolute Gasteiger partial charge is 0.269 e. The van der Waals surface area contributed by atoms with Gasteiger partial charge < -0.3 is 24.2 Å². The number of amides is 2. The third kappa shape index (κ3) is 4.96. The standard InChI is InChI=1S/C38H40N2O6Si/c1-25-36(47(3,4)29-17-15-28(44-2)16-18-29)34(20-21-41)46-38(25)30-22-27(40-32-12-8-9-13-33(32)45-24-35(40)42)14-19-31(30)39(37(38)43)23-26-10-6-5-7-11-26/h5-19,22,25,34,36,41H,20-21,23-24H2,1-4H3/t25-,34+,36-,38+/m0/s1. The van der Waals surface area contributed by atoms with E-state index in [2.05, 4.69) is 32.2 Å². The molecule has 7 rings (SSSR count). The molecule has 0 saturated carbocycles. The van der Waals surface area contributed by atoms with Crippen molar-refractivity contribution in [1.82, 2.24) is 0 Å². The lowest BCUT2D eigenvalue weighted by Crippen LogP contribution is -2.51. The first-order valence-electron chi connectivity index (χ1n) is 16.2. The molecule has 0 aliphatic carbocycles. The average Bonchev–Trinajstić information content (AvgIpc) is 3.51. The average molecular weight is 649 g/mol. The Morgan fingerprint density at radius 1 is 0.936 bits per heavy atom. The van der Waals surface area contributed by atoms with Gasteiger partial charge in [0.05, 0.1) is 39.2 Å². The molecule has 1 N–H and O–H groups in total. The zero-order valence-electron chi connectivity index (χ0n) is 27.2. The Kier molecular flexibility index (Phi) is 7.94. The normalized spacial score (nSPS) is 23.6. The fraction of sp³-hybridized carbons (Fsp3) is 0.316. The second-order valence-corrected chi connectivity index (χ2v) is 17.9. The van der Waals surface area contributed by atoms with Crippen LogP contribution < -0.4 is 24.5 Å². The zero-order chi connectivity index (χ0) is 32.9. The number of carbonyl (C=O) groups is 2. The van der Waals surface area contributed by atoms with Crippen molar-refractivity contribution in [3.8, 4) is 11.5 Å². The van der Waals surface area contributed by atoms with E-state index in [9.17, 15) is 9.90 Å². The van der Waals surface area contributed by atoms with E-state index in [1.165, 1.54) is 5.19 Å². The molecule has 4 atom stereocenters. The number of methoxy groups -OCH3 is 1. The highest BCUT2D eigenvalue weighted by molar-refractivity contribution is 6.91. The van der Waals surface area contributed by atoms with Crippen molar-refractivity contribution < 1.29 is 28.9 Å². The topological polar surface area (TPSA) is 88.5 Å². The van der Waals surface area contributed by atoms with Crippen molar-refractivity contribution in [2.24, 2.45) is 5.92 Å². The molecule has 4 aromatic carbocycles. The van der Waals surface area contributed by atoms with Gasteiger partial charge in [-0.05, 0) is 60.0 Å². The molecule has 3 heterocycles. The van der Waals surface area contributed by atoms with Crippen LogP contribution in [0.4, 0.5) is 17.1 Å². The molecule has 1 saturated heterocycles. The predicted octanol–water partition coefficient (Wildman–Crippen LogP) is 5.90. The van der Waals surface area contributed by atoms with Gasteiger partial charge in [-0.25, -0.2) is 0 Å². The number of aliphatic hydroxyl groups is 1. The third-order valence-corrected chi connectivity index (χ3v) is 14.7. The summed E-state index contributed by atoms with van der Waals surface area (Å²) in [6, 6.07) is 31.5. The Bertz CT molecular complexity index is 1810. The number of hydrogen-bond acceptors (Lipinski definition) is 6. The van der Waals surface area contributed by atoms with Gasteiger partial charge >= 0.3 is 0 Å². The van der Waals surface area contributed by atoms with Crippen LogP contribution in [-0.2, 0) is 26.5 Å². The monoisotopic (exact) mass is 648 g/mol. The maximum Gasteiger partial charge on any atom is 0.269 e. The van der Waals surface area contributed by atoms with E-state index < -0.39 is 13.7 Å². The molecule has 242 valence electrons. The van der Waals surface area contributed by atoms with Crippen molar-refractivity contribution in [2.45, 2.75) is 50.2 Å². The SMILES string of the molecule is COc1ccc([Si](C)(C)[C@@H]2[C@@H](CCO)O[C@]3(C(=O)N(Cc4ccccc4)c4ccc(N5C(=O)COc6ccccc65)cc43)[C@H]2C)cc1. The summed E-state index contributed by atoms with van der Waals surface area (Å²) < 4.78 is 18.3. The van der Waals surface area contributed by atoms with E-state index in [1.54, 1.807) is 12.0 Å². The van der Waals surface area contributed by atoms with Crippen molar-refractivity contribution in [1.29, 1.82) is 0 Å². The Morgan fingerprint density at radius 3 is 2.38 bits per heavy atom. The Morgan fingerprint density at radius 2 is 1.66 bits per heavy atom. The minimum atomic E-state index is -2.33. The van der Waals surface area contributed by atoms with Crippen LogP contribution in [0.15, 0.2) is 97.1 Å². The van der Waals surface area contributed by atoms with Crippen LogP contribution in [0.3, 0.4) is 0 Å². The van der Waals surface area contributed by atoms with Gasteiger partial charge in [-0.2, -0.15) is 0 Å². The van der Waals surface area contributed by atoms with Crippen LogP contribution in [0, 0.1) is 5.92 Å². The molecule has 0 bridgehead atoms. The number of fused-ring (bicyclic) bond motifs is 3. The van der Waals surface area contributed by atoms with Gasteiger partial charge in [0.25, 0.3) is 11.8 Å². The van der Waals surface area contributed by atoms with Crippen LogP contribution in [0.2, 0.25) is 18.6 Å². The Hall–Kier alpha value is -4.44. The number of ether oxygens (including phenoxy) is 3. The van der Waals surface area contributed by atoms with Crippen molar-refractivity contribution in [3.05, 3.63) is 108 Å². The number of anilines is 3. The first-order chi connectivity index (χ1) is 22.7. The highest BCUT2D eigenvalue weighted by atomic mass is 28.3. The van der Waals surface area contributed by atoms with E-state index in [-0.39, 0.29) is 42.6 Å². The van der Waals surface area contributed by atoms with E-state index >= 15 is 4.79 Å². The van der Waals surface area contributed by atoms with Gasteiger partial charge in [-0.15, -0.1) is 0 Å². The second-order valence-electron chi connectivity index (χ2n) is 13.2. The fourth-order valence-corrected chi connectivity index (χ4v) is 12.2. The number of rotatable bonds is 8.